The van der Waals surface area contributed by atoms with Gasteiger partial charge in [-0.3, -0.25) is 9.69 Å². The Hall–Kier alpha value is -2.54. The van der Waals surface area contributed by atoms with E-state index in [-0.39, 0.29) is 11.3 Å². The average Bonchev–Trinajstić information content (AvgIpc) is 3.20. The van der Waals surface area contributed by atoms with Gasteiger partial charge in [0.2, 0.25) is 5.91 Å². The molecule has 7 heteroatoms. The second kappa shape index (κ2) is 11.1. The molecule has 0 bridgehead atoms. The van der Waals surface area contributed by atoms with Gasteiger partial charge in [-0.1, -0.05) is 29.8 Å². The number of carbonyl (C=O) groups is 1. The summed E-state index contributed by atoms with van der Waals surface area (Å²) in [5.41, 5.74) is 3.38. The molecule has 2 aliphatic rings. The predicted octanol–water partition coefficient (Wildman–Crippen LogP) is 4.97. The first-order chi connectivity index (χ1) is 17.8. The summed E-state index contributed by atoms with van der Waals surface area (Å²) in [5.74, 6) is 1.08. The van der Waals surface area contributed by atoms with Crippen LogP contribution in [0, 0.1) is 12.3 Å². The fraction of sp³-hybridized carbons (Fsp3) is 0.500. The highest BCUT2D eigenvalue weighted by Crippen LogP contribution is 2.37. The number of piperidine rings is 1. The number of piperazine rings is 1. The lowest BCUT2D eigenvalue weighted by Gasteiger charge is -2.43. The number of rotatable bonds is 7. The van der Waals surface area contributed by atoms with Gasteiger partial charge >= 0.3 is 0 Å². The number of aryl methyl sites for hydroxylation is 2. The number of benzene rings is 2. The minimum Gasteiger partial charge on any atom is -0.493 e. The van der Waals surface area contributed by atoms with Crippen molar-refractivity contribution in [3.05, 3.63) is 64.8 Å². The zero-order valence-electron chi connectivity index (χ0n) is 22.4. The molecule has 0 aliphatic carbocycles. The van der Waals surface area contributed by atoms with Gasteiger partial charge in [-0.2, -0.15) is 0 Å². The third-order valence-electron chi connectivity index (χ3n) is 8.17. The fourth-order valence-corrected chi connectivity index (χ4v) is 6.10. The van der Waals surface area contributed by atoms with Crippen LogP contribution in [0.25, 0.3) is 10.9 Å². The van der Waals surface area contributed by atoms with Crippen molar-refractivity contribution in [3.8, 4) is 5.75 Å². The van der Waals surface area contributed by atoms with Crippen molar-refractivity contribution < 1.29 is 9.53 Å². The maximum atomic E-state index is 13.5. The molecular weight excluding hydrogens is 484 g/mol. The molecule has 6 nitrogen and oxygen atoms in total. The molecule has 0 radical (unpaired) electrons. The van der Waals surface area contributed by atoms with Gasteiger partial charge in [0.05, 0.1) is 6.61 Å². The van der Waals surface area contributed by atoms with Crippen molar-refractivity contribution in [1.29, 1.82) is 0 Å². The Morgan fingerprint density at radius 2 is 1.84 bits per heavy atom. The minimum absolute atomic E-state index is 0.225. The van der Waals surface area contributed by atoms with Crippen molar-refractivity contribution >= 4 is 28.4 Å². The van der Waals surface area contributed by atoms with Crippen LogP contribution in [0.2, 0.25) is 5.02 Å². The van der Waals surface area contributed by atoms with Gasteiger partial charge in [0.1, 0.15) is 5.75 Å². The molecule has 1 atom stereocenters. The molecule has 198 valence electrons. The van der Waals surface area contributed by atoms with E-state index in [0.717, 1.165) is 75.0 Å². The highest BCUT2D eigenvalue weighted by molar-refractivity contribution is 6.31. The topological polar surface area (TPSA) is 41.0 Å². The van der Waals surface area contributed by atoms with E-state index in [2.05, 4.69) is 63.8 Å². The number of hydrogen-bond acceptors (Lipinski definition) is 4. The summed E-state index contributed by atoms with van der Waals surface area (Å²) >= 11 is 6.24. The number of nitrogens with zero attached hydrogens (tertiary/aromatic N) is 4. The lowest BCUT2D eigenvalue weighted by atomic mass is 9.77. The first-order valence-electron chi connectivity index (χ1n) is 13.4. The van der Waals surface area contributed by atoms with Gasteiger partial charge in [0.15, 0.2) is 0 Å². The molecule has 0 N–H and O–H groups in total. The molecule has 2 fully saturated rings. The second-order valence-electron chi connectivity index (χ2n) is 11.2. The number of amides is 1. The predicted molar refractivity (Wildman–Crippen MR) is 150 cm³/mol. The third-order valence-corrected chi connectivity index (χ3v) is 8.59. The largest absolute Gasteiger partial charge is 0.493 e. The van der Waals surface area contributed by atoms with E-state index in [1.807, 2.05) is 25.1 Å². The number of likely N-dealkylation sites (N-methyl/N-ethyl adjacent to an activating group) is 1. The third kappa shape index (κ3) is 5.97. The van der Waals surface area contributed by atoms with Crippen molar-refractivity contribution in [3.63, 3.8) is 0 Å². The molecule has 0 spiro atoms. The smallest absolute Gasteiger partial charge is 0.223 e. The number of aromatic nitrogens is 1. The molecule has 3 aromatic rings. The Labute approximate surface area is 225 Å². The van der Waals surface area contributed by atoms with E-state index in [1.165, 1.54) is 16.5 Å². The highest BCUT2D eigenvalue weighted by atomic mass is 35.5. The van der Waals surface area contributed by atoms with E-state index < -0.39 is 0 Å². The minimum atomic E-state index is -0.225. The van der Waals surface area contributed by atoms with Gasteiger partial charge in [0.25, 0.3) is 0 Å². The average molecular weight is 523 g/mol. The van der Waals surface area contributed by atoms with Crippen LogP contribution in [0.5, 0.6) is 5.75 Å². The van der Waals surface area contributed by atoms with Crippen molar-refractivity contribution in [1.82, 2.24) is 19.3 Å². The Kier molecular flexibility index (Phi) is 7.80. The summed E-state index contributed by atoms with van der Waals surface area (Å²) in [6.45, 7) is 8.78. The number of ether oxygens (including phenoxy) is 1. The molecule has 2 aromatic carbocycles. The van der Waals surface area contributed by atoms with Crippen LogP contribution in [0.3, 0.4) is 0 Å². The van der Waals surface area contributed by atoms with E-state index >= 15 is 0 Å². The van der Waals surface area contributed by atoms with Crippen molar-refractivity contribution in [2.75, 3.05) is 52.9 Å². The lowest BCUT2D eigenvalue weighted by molar-refractivity contribution is -0.137. The molecule has 0 unspecified atom stereocenters. The van der Waals surface area contributed by atoms with Crippen LogP contribution in [-0.4, -0.2) is 78.1 Å². The standard InChI is InChI=1S/C30H39ClN4O2/c1-23-17-25(9-10-27(23)31)37-22-30(18-29(36)35-15-13-32(2)14-16-35)11-6-12-34(21-30)20-24-19-33(3)28-8-5-4-7-26(24)28/h4-5,7-10,17,19H,6,11-16,18,20-22H2,1-3H3/t30-/m1/s1. The summed E-state index contributed by atoms with van der Waals surface area (Å²) in [7, 11) is 4.24. The molecule has 1 aromatic heterocycles. The van der Waals surface area contributed by atoms with Gasteiger partial charge < -0.3 is 19.1 Å². The maximum Gasteiger partial charge on any atom is 0.223 e. The number of para-hydroxylation sites is 1. The Balaban J connectivity index is 1.35. The Morgan fingerprint density at radius 3 is 2.62 bits per heavy atom. The van der Waals surface area contributed by atoms with E-state index in [4.69, 9.17) is 16.3 Å². The number of halogens is 1. The summed E-state index contributed by atoms with van der Waals surface area (Å²) in [6.07, 6.45) is 4.83. The monoisotopic (exact) mass is 522 g/mol. The number of likely N-dealkylation sites (tertiary alicyclic amines) is 1. The van der Waals surface area contributed by atoms with Gasteiger partial charge in [-0.15, -0.1) is 0 Å². The van der Waals surface area contributed by atoms with Crippen LogP contribution >= 0.6 is 11.6 Å². The second-order valence-corrected chi connectivity index (χ2v) is 11.6. The van der Waals surface area contributed by atoms with E-state index in [1.54, 1.807) is 0 Å². The summed E-state index contributed by atoms with van der Waals surface area (Å²) < 4.78 is 8.61. The van der Waals surface area contributed by atoms with Crippen LogP contribution in [-0.2, 0) is 18.4 Å². The molecule has 2 aliphatic heterocycles. The molecule has 1 amide bonds. The molecule has 3 heterocycles. The first kappa shape index (κ1) is 26.1. The van der Waals surface area contributed by atoms with Crippen molar-refractivity contribution in [2.45, 2.75) is 32.7 Å². The van der Waals surface area contributed by atoms with Gasteiger partial charge in [0, 0.05) is 80.3 Å². The molecule has 5 rings (SSSR count). The van der Waals surface area contributed by atoms with Crippen LogP contribution in [0.4, 0.5) is 0 Å². The normalized spacial score (nSPS) is 21.5. The highest BCUT2D eigenvalue weighted by Gasteiger charge is 2.40. The Morgan fingerprint density at radius 1 is 1.05 bits per heavy atom. The quantitative estimate of drug-likeness (QED) is 0.439. The van der Waals surface area contributed by atoms with Crippen LogP contribution in [0.15, 0.2) is 48.7 Å². The van der Waals surface area contributed by atoms with Crippen LogP contribution in [0.1, 0.15) is 30.4 Å². The fourth-order valence-electron chi connectivity index (χ4n) is 5.98. The SMILES string of the molecule is Cc1cc(OC[C@@]2(CC(=O)N3CCN(C)CC3)CCCN(Cc3cn(C)c4ccccc34)C2)ccc1Cl. The zero-order valence-corrected chi connectivity index (χ0v) is 23.1. The van der Waals surface area contributed by atoms with Gasteiger partial charge in [-0.05, 0) is 68.8 Å². The van der Waals surface area contributed by atoms with Crippen LogP contribution < -0.4 is 4.74 Å². The molecule has 2 saturated heterocycles. The molecule has 37 heavy (non-hydrogen) atoms. The summed E-state index contributed by atoms with van der Waals surface area (Å²) in [6, 6.07) is 14.4. The molecule has 0 saturated carbocycles. The van der Waals surface area contributed by atoms with E-state index in [0.29, 0.717) is 13.0 Å². The number of carbonyl (C=O) groups excluding carboxylic acids is 1. The first-order valence-corrected chi connectivity index (χ1v) is 13.8. The summed E-state index contributed by atoms with van der Waals surface area (Å²) in [4.78, 5) is 20.4. The Bertz CT molecular complexity index is 1250. The maximum absolute atomic E-state index is 13.5. The van der Waals surface area contributed by atoms with E-state index in [9.17, 15) is 4.79 Å². The molecular formula is C30H39ClN4O2. The van der Waals surface area contributed by atoms with Crippen molar-refractivity contribution in [2.24, 2.45) is 12.5 Å². The lowest BCUT2D eigenvalue weighted by Crippen LogP contribution is -2.52. The number of fused-ring (bicyclic) bond motifs is 1. The van der Waals surface area contributed by atoms with Gasteiger partial charge in [-0.25, -0.2) is 0 Å². The zero-order chi connectivity index (χ0) is 26.0. The summed E-state index contributed by atoms with van der Waals surface area (Å²) in [5, 5.41) is 2.05. The number of hydrogen-bond donors (Lipinski definition) is 0.